The van der Waals surface area contributed by atoms with Crippen LogP contribution in [0, 0.1) is 0 Å². The summed E-state index contributed by atoms with van der Waals surface area (Å²) in [4.78, 5) is 41.7. The third-order valence-corrected chi connectivity index (χ3v) is 5.05. The van der Waals surface area contributed by atoms with Gasteiger partial charge in [0.05, 0.1) is 23.2 Å². The van der Waals surface area contributed by atoms with E-state index in [0.717, 1.165) is 11.3 Å². The van der Waals surface area contributed by atoms with Crippen LogP contribution in [0.2, 0.25) is 0 Å². The Labute approximate surface area is 156 Å². The number of carboxylic acids is 1. The average Bonchev–Trinajstić information content (AvgIpc) is 3.11. The number of carbonyl (C=O) groups excluding carboxylic acids is 2. The number of thiazole rings is 1. The van der Waals surface area contributed by atoms with Crippen LogP contribution in [0.15, 0.2) is 0 Å². The van der Waals surface area contributed by atoms with E-state index in [1.54, 1.807) is 25.7 Å². The van der Waals surface area contributed by atoms with Crippen molar-refractivity contribution in [3.8, 4) is 0 Å². The summed E-state index contributed by atoms with van der Waals surface area (Å²) in [6, 6.07) is -0.172. The van der Waals surface area contributed by atoms with Gasteiger partial charge in [0.1, 0.15) is 10.5 Å². The Morgan fingerprint density at radius 3 is 2.65 bits per heavy atom. The first-order chi connectivity index (χ1) is 12.1. The molecule has 1 aliphatic heterocycles. The zero-order chi connectivity index (χ0) is 19.5. The minimum atomic E-state index is -1.06. The van der Waals surface area contributed by atoms with Crippen LogP contribution < -0.4 is 5.32 Å². The predicted octanol–water partition coefficient (Wildman–Crippen LogP) is 2.07. The Bertz CT molecular complexity index is 695. The largest absolute Gasteiger partial charge is 0.477 e. The molecule has 1 unspecified atom stereocenters. The smallest absolute Gasteiger partial charge is 0.407 e. The number of rotatable bonds is 5. The van der Waals surface area contributed by atoms with Crippen molar-refractivity contribution in [2.75, 3.05) is 13.1 Å². The zero-order valence-electron chi connectivity index (χ0n) is 15.5. The highest BCUT2D eigenvalue weighted by Crippen LogP contribution is 2.21. The molecule has 2 N–H and O–H groups in total. The number of hydrogen-bond acceptors (Lipinski definition) is 6. The summed E-state index contributed by atoms with van der Waals surface area (Å²) in [7, 11) is 0. The van der Waals surface area contributed by atoms with E-state index in [9.17, 15) is 19.5 Å². The van der Waals surface area contributed by atoms with Gasteiger partial charge in [0.2, 0.25) is 5.91 Å². The second kappa shape index (κ2) is 8.03. The van der Waals surface area contributed by atoms with Gasteiger partial charge in [0, 0.05) is 13.1 Å². The van der Waals surface area contributed by atoms with E-state index in [4.69, 9.17) is 4.74 Å². The molecule has 0 radical (unpaired) electrons. The van der Waals surface area contributed by atoms with Crippen LogP contribution in [0.25, 0.3) is 0 Å². The quantitative estimate of drug-likeness (QED) is 0.806. The lowest BCUT2D eigenvalue weighted by atomic mass is 10.2. The van der Waals surface area contributed by atoms with Crippen molar-refractivity contribution in [1.82, 2.24) is 15.2 Å². The van der Waals surface area contributed by atoms with Crippen molar-refractivity contribution >= 4 is 29.3 Å². The number of aryl methyl sites for hydroxylation is 1. The van der Waals surface area contributed by atoms with Crippen LogP contribution in [0.4, 0.5) is 4.79 Å². The van der Waals surface area contributed by atoms with Gasteiger partial charge in [-0.1, -0.05) is 6.92 Å². The number of hydrogen-bond donors (Lipinski definition) is 2. The first-order valence-electron chi connectivity index (χ1n) is 8.58. The number of alkyl carbamates (subject to hydrolysis) is 1. The van der Waals surface area contributed by atoms with Crippen LogP contribution in [0.1, 0.15) is 54.5 Å². The van der Waals surface area contributed by atoms with E-state index < -0.39 is 17.7 Å². The molecule has 0 saturated carbocycles. The van der Waals surface area contributed by atoms with Gasteiger partial charge < -0.3 is 20.1 Å². The Balaban J connectivity index is 1.93. The molecule has 1 saturated heterocycles. The molecule has 1 fully saturated rings. The topological polar surface area (TPSA) is 109 Å². The maximum absolute atomic E-state index is 12.5. The maximum Gasteiger partial charge on any atom is 0.407 e. The highest BCUT2D eigenvalue weighted by Gasteiger charge is 2.30. The van der Waals surface area contributed by atoms with Crippen LogP contribution in [-0.4, -0.2) is 57.7 Å². The van der Waals surface area contributed by atoms with E-state index in [-0.39, 0.29) is 23.2 Å². The molecule has 2 rings (SSSR count). The molecule has 2 heterocycles. The van der Waals surface area contributed by atoms with Crippen molar-refractivity contribution in [2.45, 2.75) is 58.6 Å². The van der Waals surface area contributed by atoms with Crippen LogP contribution >= 0.6 is 11.3 Å². The number of aromatic carboxylic acids is 1. The molecule has 1 aromatic rings. The average molecular weight is 383 g/mol. The molecule has 0 aromatic carbocycles. The van der Waals surface area contributed by atoms with Crippen molar-refractivity contribution in [2.24, 2.45) is 0 Å². The van der Waals surface area contributed by atoms with Crippen LogP contribution in [0.3, 0.4) is 0 Å². The zero-order valence-corrected chi connectivity index (χ0v) is 16.3. The Morgan fingerprint density at radius 1 is 1.38 bits per heavy atom. The van der Waals surface area contributed by atoms with Gasteiger partial charge in [-0.25, -0.2) is 14.6 Å². The standard InChI is InChI=1S/C17H25N3O5S/c1-5-12-19-11(14(26-12)15(22)23)8-13(21)20-7-6-10(9-20)18-16(24)25-17(2,3)4/h10H,5-9H2,1-4H3,(H,18,24)(H,22,23). The summed E-state index contributed by atoms with van der Waals surface area (Å²) in [5.41, 5.74) is -0.263. The SMILES string of the molecule is CCc1nc(CC(=O)N2CCC(NC(=O)OC(C)(C)C)C2)c(C(=O)O)s1. The summed E-state index contributed by atoms with van der Waals surface area (Å²) >= 11 is 1.11. The van der Waals surface area contributed by atoms with Crippen LogP contribution in [0.5, 0.6) is 0 Å². The van der Waals surface area contributed by atoms with E-state index in [0.29, 0.717) is 36.6 Å². The first kappa shape index (κ1) is 20.2. The lowest BCUT2D eigenvalue weighted by Crippen LogP contribution is -2.41. The molecule has 0 bridgehead atoms. The van der Waals surface area contributed by atoms with E-state index in [1.165, 1.54) is 0 Å². The number of nitrogens with zero attached hydrogens (tertiary/aromatic N) is 2. The summed E-state index contributed by atoms with van der Waals surface area (Å²) in [5.74, 6) is -1.25. The molecule has 0 aliphatic carbocycles. The van der Waals surface area contributed by atoms with Gasteiger partial charge in [0.15, 0.2) is 0 Å². The Morgan fingerprint density at radius 2 is 2.08 bits per heavy atom. The lowest BCUT2D eigenvalue weighted by Gasteiger charge is -2.22. The van der Waals surface area contributed by atoms with E-state index in [2.05, 4.69) is 10.3 Å². The second-order valence-corrected chi connectivity index (χ2v) is 8.27. The minimum absolute atomic E-state index is 0.0444. The molecule has 1 atom stereocenters. The highest BCUT2D eigenvalue weighted by molar-refractivity contribution is 7.13. The molecular weight excluding hydrogens is 358 g/mol. The first-order valence-corrected chi connectivity index (χ1v) is 9.40. The molecule has 1 aromatic heterocycles. The number of likely N-dealkylation sites (tertiary alicyclic amines) is 1. The monoisotopic (exact) mass is 383 g/mol. The van der Waals surface area contributed by atoms with Gasteiger partial charge >= 0.3 is 12.1 Å². The normalized spacial score (nSPS) is 17.2. The van der Waals surface area contributed by atoms with E-state index in [1.807, 2.05) is 6.92 Å². The summed E-state index contributed by atoms with van der Waals surface area (Å²) in [6.45, 7) is 8.14. The lowest BCUT2D eigenvalue weighted by molar-refractivity contribution is -0.129. The van der Waals surface area contributed by atoms with Crippen molar-refractivity contribution in [1.29, 1.82) is 0 Å². The summed E-state index contributed by atoms with van der Waals surface area (Å²) in [6.07, 6.45) is 0.716. The molecule has 26 heavy (non-hydrogen) atoms. The maximum atomic E-state index is 12.5. The van der Waals surface area contributed by atoms with Crippen molar-refractivity contribution in [3.63, 3.8) is 0 Å². The van der Waals surface area contributed by atoms with Crippen molar-refractivity contribution in [3.05, 3.63) is 15.6 Å². The summed E-state index contributed by atoms with van der Waals surface area (Å²) in [5, 5.41) is 12.7. The molecule has 2 amide bonds. The number of aromatic nitrogens is 1. The Kier molecular flexibility index (Phi) is 6.22. The molecule has 0 spiro atoms. The number of nitrogens with one attached hydrogen (secondary N) is 1. The Hall–Kier alpha value is -2.16. The third-order valence-electron chi connectivity index (χ3n) is 3.82. The fourth-order valence-electron chi connectivity index (χ4n) is 2.67. The van der Waals surface area contributed by atoms with Crippen molar-refractivity contribution < 1.29 is 24.2 Å². The fraction of sp³-hybridized carbons (Fsp3) is 0.647. The van der Waals surface area contributed by atoms with Gasteiger partial charge in [-0.05, 0) is 33.6 Å². The molecule has 1 aliphatic rings. The number of amides is 2. The predicted molar refractivity (Wildman–Crippen MR) is 96.5 cm³/mol. The van der Waals surface area contributed by atoms with E-state index >= 15 is 0 Å². The third kappa shape index (κ3) is 5.42. The van der Waals surface area contributed by atoms with Crippen LogP contribution in [-0.2, 0) is 22.4 Å². The van der Waals surface area contributed by atoms with Gasteiger partial charge in [-0.2, -0.15) is 0 Å². The fourth-order valence-corrected chi connectivity index (χ4v) is 3.53. The number of ether oxygens (including phenoxy) is 1. The van der Waals surface area contributed by atoms with Gasteiger partial charge in [0.25, 0.3) is 0 Å². The molecule has 8 nitrogen and oxygen atoms in total. The highest BCUT2D eigenvalue weighted by atomic mass is 32.1. The number of carboxylic acid groups (broad SMARTS) is 1. The molecular formula is C17H25N3O5S. The summed E-state index contributed by atoms with van der Waals surface area (Å²) < 4.78 is 5.22. The number of carbonyl (C=O) groups is 3. The second-order valence-electron chi connectivity index (χ2n) is 7.19. The molecule has 144 valence electrons. The van der Waals surface area contributed by atoms with Gasteiger partial charge in [-0.15, -0.1) is 11.3 Å². The minimum Gasteiger partial charge on any atom is -0.477 e. The molecule has 9 heteroatoms. The van der Waals surface area contributed by atoms with Gasteiger partial charge in [-0.3, -0.25) is 4.79 Å².